The largest absolute Gasteiger partial charge is 0.461 e. The van der Waals surface area contributed by atoms with Gasteiger partial charge in [0, 0.05) is 13.0 Å². The molecular weight excluding hydrogens is 276 g/mol. The Kier molecular flexibility index (Phi) is 4.11. The summed E-state index contributed by atoms with van der Waals surface area (Å²) in [6, 6.07) is -1.18. The number of esters is 1. The van der Waals surface area contributed by atoms with Crippen molar-refractivity contribution in [1.29, 1.82) is 0 Å². The monoisotopic (exact) mass is 298 g/mol. The van der Waals surface area contributed by atoms with Crippen LogP contribution in [0.25, 0.3) is 0 Å². The highest BCUT2D eigenvalue weighted by molar-refractivity contribution is 5.91. The lowest BCUT2D eigenvalue weighted by Gasteiger charge is -2.40. The number of rotatable bonds is 2. The van der Waals surface area contributed by atoms with Gasteiger partial charge in [-0.3, -0.25) is 9.69 Å². The van der Waals surface area contributed by atoms with Gasteiger partial charge in [0.1, 0.15) is 23.8 Å². The third-order valence-corrected chi connectivity index (χ3v) is 3.44. The van der Waals surface area contributed by atoms with Crippen molar-refractivity contribution in [3.8, 4) is 0 Å². The first-order chi connectivity index (χ1) is 9.67. The molecule has 0 aromatic rings. The van der Waals surface area contributed by atoms with E-state index in [9.17, 15) is 14.4 Å². The number of carbonyl (C=O) groups is 3. The number of likely N-dealkylation sites (tertiary alicyclic amines) is 1. The van der Waals surface area contributed by atoms with Crippen LogP contribution in [0.5, 0.6) is 0 Å². The molecule has 0 unspecified atom stereocenters. The lowest BCUT2D eigenvalue weighted by molar-refractivity contribution is -0.144. The zero-order chi connectivity index (χ0) is 15.8. The fourth-order valence-electron chi connectivity index (χ4n) is 2.34. The minimum Gasteiger partial charge on any atom is -0.461 e. The van der Waals surface area contributed by atoms with Gasteiger partial charge in [-0.15, -0.1) is 0 Å². The van der Waals surface area contributed by atoms with Crippen molar-refractivity contribution in [3.63, 3.8) is 0 Å². The summed E-state index contributed by atoms with van der Waals surface area (Å²) in [4.78, 5) is 37.0. The lowest BCUT2D eigenvalue weighted by Crippen LogP contribution is -2.60. The molecule has 0 aromatic carbocycles. The van der Waals surface area contributed by atoms with E-state index >= 15 is 0 Å². The van der Waals surface area contributed by atoms with Crippen molar-refractivity contribution >= 4 is 18.0 Å². The van der Waals surface area contributed by atoms with Gasteiger partial charge < -0.3 is 14.8 Å². The summed E-state index contributed by atoms with van der Waals surface area (Å²) in [7, 11) is 0. The minimum atomic E-state index is -0.617. The number of nitrogens with zero attached hydrogens (tertiary/aromatic N) is 1. The maximum absolute atomic E-state index is 12.1. The van der Waals surface area contributed by atoms with Crippen LogP contribution in [0.4, 0.5) is 4.79 Å². The Morgan fingerprint density at radius 2 is 2.05 bits per heavy atom. The Labute approximate surface area is 123 Å². The number of carbonyl (C=O) groups excluding carboxylic acids is 3. The standard InChI is InChI=1S/C14H22N2O5/c1-8-7-9(12(18)20-8)15-11(17)10-5-6-16(10)13(19)21-14(2,3)4/h8-10H,5-7H2,1-4H3,(H,15,17)/t8-,9-,10+/m0/s1. The van der Waals surface area contributed by atoms with Crippen LogP contribution in [0.3, 0.4) is 0 Å². The fraction of sp³-hybridized carbons (Fsp3) is 0.786. The summed E-state index contributed by atoms with van der Waals surface area (Å²) in [5, 5.41) is 2.65. The quantitative estimate of drug-likeness (QED) is 0.763. The van der Waals surface area contributed by atoms with Crippen LogP contribution in [-0.2, 0) is 19.1 Å². The van der Waals surface area contributed by atoms with E-state index in [1.165, 1.54) is 4.90 Å². The molecule has 2 aliphatic heterocycles. The highest BCUT2D eigenvalue weighted by Gasteiger charge is 2.42. The van der Waals surface area contributed by atoms with E-state index in [1.54, 1.807) is 27.7 Å². The number of cyclic esters (lactones) is 1. The van der Waals surface area contributed by atoms with Crippen molar-refractivity contribution in [3.05, 3.63) is 0 Å². The normalized spacial score (nSPS) is 28.7. The predicted molar refractivity (Wildman–Crippen MR) is 73.4 cm³/mol. The van der Waals surface area contributed by atoms with E-state index in [0.29, 0.717) is 19.4 Å². The van der Waals surface area contributed by atoms with Gasteiger partial charge in [-0.25, -0.2) is 9.59 Å². The van der Waals surface area contributed by atoms with Gasteiger partial charge in [-0.2, -0.15) is 0 Å². The molecule has 118 valence electrons. The van der Waals surface area contributed by atoms with Gasteiger partial charge in [0.2, 0.25) is 5.91 Å². The molecule has 1 N–H and O–H groups in total. The molecule has 0 spiro atoms. The molecule has 2 amide bonds. The van der Waals surface area contributed by atoms with Gasteiger partial charge in [-0.05, 0) is 34.1 Å². The van der Waals surface area contributed by atoms with Gasteiger partial charge in [0.05, 0.1) is 0 Å². The second kappa shape index (κ2) is 5.54. The Balaban J connectivity index is 1.89. The highest BCUT2D eigenvalue weighted by Crippen LogP contribution is 2.22. The van der Waals surface area contributed by atoms with Gasteiger partial charge in [0.25, 0.3) is 0 Å². The predicted octanol–water partition coefficient (Wildman–Crippen LogP) is 0.816. The number of ether oxygens (including phenoxy) is 2. The van der Waals surface area contributed by atoms with Crippen LogP contribution in [0.2, 0.25) is 0 Å². The topological polar surface area (TPSA) is 84.9 Å². The first kappa shape index (κ1) is 15.6. The summed E-state index contributed by atoms with van der Waals surface area (Å²) in [5.74, 6) is -0.748. The van der Waals surface area contributed by atoms with Gasteiger partial charge in [0.15, 0.2) is 0 Å². The van der Waals surface area contributed by atoms with Crippen molar-refractivity contribution in [2.24, 2.45) is 0 Å². The molecule has 2 aliphatic rings. The number of hydrogen-bond donors (Lipinski definition) is 1. The maximum Gasteiger partial charge on any atom is 0.410 e. The molecule has 0 aromatic heterocycles. The molecule has 0 bridgehead atoms. The third-order valence-electron chi connectivity index (χ3n) is 3.44. The Bertz CT molecular complexity index is 457. The number of nitrogens with one attached hydrogen (secondary N) is 1. The van der Waals surface area contributed by atoms with Crippen molar-refractivity contribution < 1.29 is 23.9 Å². The van der Waals surface area contributed by atoms with Crippen LogP contribution in [0.15, 0.2) is 0 Å². The zero-order valence-electron chi connectivity index (χ0n) is 12.8. The van der Waals surface area contributed by atoms with E-state index in [4.69, 9.17) is 9.47 Å². The van der Waals surface area contributed by atoms with Crippen LogP contribution < -0.4 is 5.32 Å². The highest BCUT2D eigenvalue weighted by atomic mass is 16.6. The molecule has 2 saturated heterocycles. The van der Waals surface area contributed by atoms with E-state index in [2.05, 4.69) is 5.32 Å². The van der Waals surface area contributed by atoms with Crippen molar-refractivity contribution in [1.82, 2.24) is 10.2 Å². The van der Waals surface area contributed by atoms with E-state index in [1.807, 2.05) is 0 Å². The fourth-order valence-corrected chi connectivity index (χ4v) is 2.34. The molecule has 2 heterocycles. The summed E-state index contributed by atoms with van der Waals surface area (Å²) >= 11 is 0. The Hall–Kier alpha value is -1.79. The van der Waals surface area contributed by atoms with Crippen molar-refractivity contribution in [2.75, 3.05) is 6.54 Å². The van der Waals surface area contributed by atoms with Gasteiger partial charge >= 0.3 is 12.1 Å². The van der Waals surface area contributed by atoms with Crippen LogP contribution in [0.1, 0.15) is 40.5 Å². The summed E-state index contributed by atoms with van der Waals surface area (Å²) in [6.45, 7) is 7.58. The maximum atomic E-state index is 12.1. The van der Waals surface area contributed by atoms with Crippen molar-refractivity contribution in [2.45, 2.75) is 64.3 Å². The Morgan fingerprint density at radius 1 is 1.38 bits per heavy atom. The second-order valence-electron chi connectivity index (χ2n) is 6.52. The first-order valence-electron chi connectivity index (χ1n) is 7.18. The number of hydrogen-bond acceptors (Lipinski definition) is 5. The van der Waals surface area contributed by atoms with Crippen LogP contribution >= 0.6 is 0 Å². The summed E-state index contributed by atoms with van der Waals surface area (Å²) in [5.41, 5.74) is -0.599. The molecule has 3 atom stereocenters. The second-order valence-corrected chi connectivity index (χ2v) is 6.52. The molecule has 7 nitrogen and oxygen atoms in total. The zero-order valence-corrected chi connectivity index (χ0v) is 12.8. The van der Waals surface area contributed by atoms with E-state index in [-0.39, 0.29) is 12.0 Å². The molecular formula is C14H22N2O5. The molecule has 7 heteroatoms. The minimum absolute atomic E-state index is 0.189. The average molecular weight is 298 g/mol. The SMILES string of the molecule is C[C@H]1C[C@H](NC(=O)[C@H]2CCN2C(=O)OC(C)(C)C)C(=O)O1. The average Bonchev–Trinajstić information content (AvgIpc) is 2.52. The molecule has 0 aliphatic carbocycles. The molecule has 0 radical (unpaired) electrons. The van der Waals surface area contributed by atoms with Crippen LogP contribution in [0, 0.1) is 0 Å². The summed E-state index contributed by atoms with van der Waals surface area (Å²) in [6.07, 6.45) is 0.342. The smallest absolute Gasteiger partial charge is 0.410 e. The van der Waals surface area contributed by atoms with E-state index in [0.717, 1.165) is 0 Å². The van der Waals surface area contributed by atoms with E-state index < -0.39 is 29.7 Å². The molecule has 0 saturated carbocycles. The summed E-state index contributed by atoms with van der Waals surface area (Å²) < 4.78 is 10.2. The molecule has 21 heavy (non-hydrogen) atoms. The first-order valence-corrected chi connectivity index (χ1v) is 7.18. The lowest BCUT2D eigenvalue weighted by atomic mass is 10.0. The van der Waals surface area contributed by atoms with Gasteiger partial charge in [-0.1, -0.05) is 0 Å². The molecule has 2 rings (SSSR count). The van der Waals surface area contributed by atoms with Crippen LogP contribution in [-0.4, -0.2) is 53.2 Å². The Morgan fingerprint density at radius 3 is 2.48 bits per heavy atom. The number of amides is 2. The third kappa shape index (κ3) is 3.65. The molecule has 2 fully saturated rings.